The molecule has 1 rings (SSSR count). The zero-order valence-electron chi connectivity index (χ0n) is 8.55. The molecule has 15 heavy (non-hydrogen) atoms. The Morgan fingerprint density at radius 2 is 2.00 bits per heavy atom. The van der Waals surface area contributed by atoms with Gasteiger partial charge in [-0.15, -0.1) is 0 Å². The minimum atomic E-state index is -0.996. The molecular formula is C11H12F2O2. The van der Waals surface area contributed by atoms with Gasteiger partial charge in [0.25, 0.3) is 0 Å². The molecule has 2 nitrogen and oxygen atoms in total. The molecule has 1 aromatic carbocycles. The Morgan fingerprint density at radius 3 is 2.53 bits per heavy atom. The molecule has 0 bridgehead atoms. The highest BCUT2D eigenvalue weighted by Crippen LogP contribution is 2.24. The average molecular weight is 214 g/mol. The van der Waals surface area contributed by atoms with E-state index in [4.69, 9.17) is 5.11 Å². The highest BCUT2D eigenvalue weighted by molar-refractivity contribution is 5.68. The number of hydrogen-bond acceptors (Lipinski definition) is 1. The van der Waals surface area contributed by atoms with Crippen LogP contribution in [0, 0.1) is 18.6 Å². The minimum absolute atomic E-state index is 0.165. The van der Waals surface area contributed by atoms with Crippen LogP contribution in [-0.4, -0.2) is 11.1 Å². The van der Waals surface area contributed by atoms with Crippen LogP contribution in [-0.2, 0) is 4.79 Å². The smallest absolute Gasteiger partial charge is 0.303 e. The molecule has 0 amide bonds. The maximum atomic E-state index is 13.3. The zero-order chi connectivity index (χ0) is 11.6. The van der Waals surface area contributed by atoms with E-state index in [0.29, 0.717) is 5.56 Å². The average Bonchev–Trinajstić information content (AvgIpc) is 2.09. The van der Waals surface area contributed by atoms with Gasteiger partial charge in [-0.25, -0.2) is 8.78 Å². The Morgan fingerprint density at radius 1 is 1.40 bits per heavy atom. The van der Waals surface area contributed by atoms with Crippen molar-refractivity contribution in [3.8, 4) is 0 Å². The fourth-order valence-corrected chi connectivity index (χ4v) is 1.43. The van der Waals surface area contributed by atoms with E-state index in [0.717, 1.165) is 6.07 Å². The van der Waals surface area contributed by atoms with Gasteiger partial charge in [0.05, 0.1) is 6.42 Å². The van der Waals surface area contributed by atoms with Gasteiger partial charge in [0.1, 0.15) is 11.6 Å². The first-order valence-corrected chi connectivity index (χ1v) is 4.59. The van der Waals surface area contributed by atoms with Crippen molar-refractivity contribution in [3.63, 3.8) is 0 Å². The molecule has 0 saturated heterocycles. The van der Waals surface area contributed by atoms with E-state index in [1.807, 2.05) is 0 Å². The standard InChI is InChI=1S/C11H12F2O2/c1-6(4-11(14)15)8-3-7(2)9(12)5-10(8)13/h3,5-6H,4H2,1-2H3,(H,14,15). The van der Waals surface area contributed by atoms with Crippen LogP contribution >= 0.6 is 0 Å². The second-order valence-corrected chi connectivity index (χ2v) is 3.62. The summed E-state index contributed by atoms with van der Waals surface area (Å²) in [6, 6.07) is 2.15. The van der Waals surface area contributed by atoms with Gasteiger partial charge in [-0.3, -0.25) is 4.79 Å². The monoisotopic (exact) mass is 214 g/mol. The second kappa shape index (κ2) is 4.38. The van der Waals surface area contributed by atoms with Gasteiger partial charge in [0.2, 0.25) is 0 Å². The number of carbonyl (C=O) groups is 1. The van der Waals surface area contributed by atoms with Gasteiger partial charge in [0, 0.05) is 6.07 Å². The number of carboxylic acids is 1. The summed E-state index contributed by atoms with van der Waals surface area (Å²) >= 11 is 0. The van der Waals surface area contributed by atoms with Crippen LogP contribution in [0.2, 0.25) is 0 Å². The molecule has 0 heterocycles. The van der Waals surface area contributed by atoms with Crippen molar-refractivity contribution in [3.05, 3.63) is 34.9 Å². The van der Waals surface area contributed by atoms with Crippen LogP contribution in [0.25, 0.3) is 0 Å². The van der Waals surface area contributed by atoms with Crippen LogP contribution < -0.4 is 0 Å². The van der Waals surface area contributed by atoms with E-state index >= 15 is 0 Å². The molecule has 0 aliphatic heterocycles. The lowest BCUT2D eigenvalue weighted by molar-refractivity contribution is -0.137. The molecule has 0 spiro atoms. The fraction of sp³-hybridized carbons (Fsp3) is 0.364. The molecule has 0 aliphatic carbocycles. The van der Waals surface area contributed by atoms with Gasteiger partial charge in [0.15, 0.2) is 0 Å². The summed E-state index contributed by atoms with van der Waals surface area (Å²) in [6.07, 6.45) is -0.165. The zero-order valence-corrected chi connectivity index (χ0v) is 8.55. The summed E-state index contributed by atoms with van der Waals surface area (Å²) in [5.74, 6) is -2.75. The van der Waals surface area contributed by atoms with Crippen LogP contribution in [0.5, 0.6) is 0 Å². The predicted octanol–water partition coefficient (Wildman–Crippen LogP) is 2.85. The summed E-state index contributed by atoms with van der Waals surface area (Å²) in [5.41, 5.74) is 0.569. The molecule has 0 radical (unpaired) electrons. The molecule has 0 saturated carbocycles. The number of hydrogen-bond donors (Lipinski definition) is 1. The van der Waals surface area contributed by atoms with Gasteiger partial charge in [-0.1, -0.05) is 6.92 Å². The molecule has 0 aliphatic rings. The molecule has 1 N–H and O–H groups in total. The van der Waals surface area contributed by atoms with Crippen molar-refractivity contribution in [2.45, 2.75) is 26.2 Å². The van der Waals surface area contributed by atoms with Crippen LogP contribution in [0.15, 0.2) is 12.1 Å². The topological polar surface area (TPSA) is 37.3 Å². The Balaban J connectivity index is 3.03. The van der Waals surface area contributed by atoms with E-state index < -0.39 is 23.5 Å². The first-order valence-electron chi connectivity index (χ1n) is 4.59. The van der Waals surface area contributed by atoms with Gasteiger partial charge in [-0.05, 0) is 30.0 Å². The Labute approximate surface area is 86.5 Å². The molecule has 0 aromatic heterocycles. The molecule has 1 unspecified atom stereocenters. The van der Waals surface area contributed by atoms with E-state index in [1.54, 1.807) is 6.92 Å². The number of aliphatic carboxylic acids is 1. The maximum Gasteiger partial charge on any atom is 0.303 e. The summed E-state index contributed by atoms with van der Waals surface area (Å²) in [4.78, 5) is 10.4. The van der Waals surface area contributed by atoms with Crippen molar-refractivity contribution in [1.82, 2.24) is 0 Å². The lowest BCUT2D eigenvalue weighted by atomic mass is 9.95. The van der Waals surface area contributed by atoms with Gasteiger partial charge < -0.3 is 5.11 Å². The van der Waals surface area contributed by atoms with Gasteiger partial charge in [-0.2, -0.15) is 0 Å². The number of carboxylic acid groups (broad SMARTS) is 1. The number of benzene rings is 1. The van der Waals surface area contributed by atoms with Crippen molar-refractivity contribution < 1.29 is 18.7 Å². The molecule has 1 aromatic rings. The first kappa shape index (κ1) is 11.6. The van der Waals surface area contributed by atoms with E-state index in [1.165, 1.54) is 13.0 Å². The third-order valence-corrected chi connectivity index (χ3v) is 2.29. The SMILES string of the molecule is Cc1cc(C(C)CC(=O)O)c(F)cc1F. The van der Waals surface area contributed by atoms with Crippen molar-refractivity contribution >= 4 is 5.97 Å². The normalized spacial score (nSPS) is 12.5. The Bertz CT molecular complexity index is 388. The number of halogens is 2. The van der Waals surface area contributed by atoms with Crippen LogP contribution in [0.3, 0.4) is 0 Å². The lowest BCUT2D eigenvalue weighted by Gasteiger charge is -2.11. The van der Waals surface area contributed by atoms with Crippen molar-refractivity contribution in [1.29, 1.82) is 0 Å². The second-order valence-electron chi connectivity index (χ2n) is 3.62. The predicted molar refractivity (Wildman–Crippen MR) is 51.8 cm³/mol. The summed E-state index contributed by atoms with van der Waals surface area (Å²) < 4.78 is 26.2. The van der Waals surface area contributed by atoms with Gasteiger partial charge >= 0.3 is 5.97 Å². The first-order chi connectivity index (χ1) is 6.91. The van der Waals surface area contributed by atoms with Crippen LogP contribution in [0.1, 0.15) is 30.4 Å². The van der Waals surface area contributed by atoms with Crippen molar-refractivity contribution in [2.75, 3.05) is 0 Å². The quantitative estimate of drug-likeness (QED) is 0.840. The largest absolute Gasteiger partial charge is 0.481 e. The number of aryl methyl sites for hydroxylation is 1. The lowest BCUT2D eigenvalue weighted by Crippen LogP contribution is -2.05. The highest BCUT2D eigenvalue weighted by Gasteiger charge is 2.16. The highest BCUT2D eigenvalue weighted by atomic mass is 19.1. The molecule has 1 atom stereocenters. The fourth-order valence-electron chi connectivity index (χ4n) is 1.43. The summed E-state index contributed by atoms with van der Waals surface area (Å²) in [7, 11) is 0. The number of rotatable bonds is 3. The maximum absolute atomic E-state index is 13.3. The molecule has 0 fully saturated rings. The third kappa shape index (κ3) is 2.75. The van der Waals surface area contributed by atoms with Crippen molar-refractivity contribution in [2.24, 2.45) is 0 Å². The molecule has 82 valence electrons. The summed E-state index contributed by atoms with van der Waals surface area (Å²) in [6.45, 7) is 3.12. The van der Waals surface area contributed by atoms with E-state index in [-0.39, 0.29) is 12.0 Å². The Kier molecular flexibility index (Phi) is 3.39. The van der Waals surface area contributed by atoms with E-state index in [9.17, 15) is 13.6 Å². The summed E-state index contributed by atoms with van der Waals surface area (Å²) in [5, 5.41) is 8.56. The minimum Gasteiger partial charge on any atom is -0.481 e. The Hall–Kier alpha value is -1.45. The van der Waals surface area contributed by atoms with Crippen LogP contribution in [0.4, 0.5) is 8.78 Å². The third-order valence-electron chi connectivity index (χ3n) is 2.29. The molecule has 4 heteroatoms. The van der Waals surface area contributed by atoms with E-state index in [2.05, 4.69) is 0 Å². The molecular weight excluding hydrogens is 202 g/mol.